The molecule has 0 atom stereocenters. The Balaban J connectivity index is 0.000000597. The lowest BCUT2D eigenvalue weighted by atomic mass is 10.1. The van der Waals surface area contributed by atoms with Gasteiger partial charge in [-0.2, -0.15) is 0 Å². The molecule has 3 N–H and O–H groups in total. The molecule has 0 bridgehead atoms. The van der Waals surface area contributed by atoms with Crippen LogP contribution in [0.5, 0.6) is 0 Å². The fraction of sp³-hybridized carbons (Fsp3) is 0.333. The first-order valence-corrected chi connectivity index (χ1v) is 7.79. The van der Waals surface area contributed by atoms with E-state index < -0.39 is 7.25 Å². The number of imidazole rings is 1. The Morgan fingerprint density at radius 3 is 2.50 bits per heavy atom. The number of benzene rings is 1. The van der Waals surface area contributed by atoms with Gasteiger partial charge in [0.25, 0.3) is 0 Å². The predicted molar refractivity (Wildman–Crippen MR) is 91.1 cm³/mol. The van der Waals surface area contributed by atoms with E-state index in [4.69, 9.17) is 10.5 Å². The minimum atomic E-state index is -6.00. The second kappa shape index (κ2) is 9.69. The van der Waals surface area contributed by atoms with Gasteiger partial charge in [-0.1, -0.05) is 0 Å². The van der Waals surface area contributed by atoms with Gasteiger partial charge in [0.1, 0.15) is 25.5 Å². The molecular weight excluding hydrogens is 355 g/mol. The van der Waals surface area contributed by atoms with Crippen molar-refractivity contribution in [3.05, 3.63) is 42.5 Å². The molecule has 26 heavy (non-hydrogen) atoms. The van der Waals surface area contributed by atoms with Gasteiger partial charge in [-0.3, -0.25) is 0 Å². The van der Waals surface area contributed by atoms with Crippen LogP contribution in [-0.4, -0.2) is 30.9 Å². The van der Waals surface area contributed by atoms with Crippen molar-refractivity contribution < 1.29 is 31.4 Å². The molecule has 2 aromatic rings. The lowest BCUT2D eigenvalue weighted by Gasteiger charge is -2.09. The number of hydrogen-bond donors (Lipinski definition) is 2. The number of nitrogens with two attached hydrogens (primary N) is 1. The fourth-order valence-electron chi connectivity index (χ4n) is 2.00. The summed E-state index contributed by atoms with van der Waals surface area (Å²) in [6, 6.07) is 5.14. The number of nitrogen functional groups attached to an aromatic ring is 1. The van der Waals surface area contributed by atoms with Crippen LogP contribution in [0.15, 0.2) is 36.9 Å². The number of ether oxygens (including phenoxy) is 1. The third-order valence-electron chi connectivity index (χ3n) is 3.06. The maximum atomic E-state index is 11.9. The largest absolute Gasteiger partial charge is 0.673 e. The molecule has 0 radical (unpaired) electrons. The number of anilines is 2. The number of hydrogen-bond acceptors (Lipinski definition) is 4. The molecule has 0 saturated carbocycles. The molecule has 6 nitrogen and oxygen atoms in total. The lowest BCUT2D eigenvalue weighted by molar-refractivity contribution is -0.671. The highest BCUT2D eigenvalue weighted by Crippen LogP contribution is 2.20. The van der Waals surface area contributed by atoms with Gasteiger partial charge in [0.05, 0.1) is 24.0 Å². The highest BCUT2D eigenvalue weighted by molar-refractivity contribution is 6.50. The number of rotatable bonds is 6. The maximum Gasteiger partial charge on any atom is 0.673 e. The second-order valence-electron chi connectivity index (χ2n) is 5.28. The monoisotopic (exact) mass is 376 g/mol. The van der Waals surface area contributed by atoms with Gasteiger partial charge in [0, 0.05) is 6.54 Å². The summed E-state index contributed by atoms with van der Waals surface area (Å²) in [6.45, 7) is 3.71. The van der Waals surface area contributed by atoms with Crippen LogP contribution in [0, 0.1) is 0 Å². The van der Waals surface area contributed by atoms with Crippen LogP contribution in [0.25, 0.3) is 0 Å². The van der Waals surface area contributed by atoms with Crippen molar-refractivity contribution in [2.75, 3.05) is 24.2 Å². The topological polar surface area (TPSA) is 73.2 Å². The molecule has 11 heteroatoms. The molecule has 0 saturated heterocycles. The number of esters is 1. The van der Waals surface area contributed by atoms with E-state index >= 15 is 0 Å². The molecule has 0 spiro atoms. The van der Waals surface area contributed by atoms with Crippen LogP contribution in [0.2, 0.25) is 0 Å². The Morgan fingerprint density at radius 1 is 1.35 bits per heavy atom. The van der Waals surface area contributed by atoms with Gasteiger partial charge in [0.15, 0.2) is 0 Å². The Hall–Kier alpha value is -2.72. The molecule has 0 fully saturated rings. The molecule has 0 amide bonds. The molecule has 0 unspecified atom stereocenters. The summed E-state index contributed by atoms with van der Waals surface area (Å²) in [5.41, 5.74) is 7.73. The van der Waals surface area contributed by atoms with E-state index in [9.17, 15) is 22.1 Å². The predicted octanol–water partition coefficient (Wildman–Crippen LogP) is 2.48. The third kappa shape index (κ3) is 8.40. The van der Waals surface area contributed by atoms with E-state index in [1.807, 2.05) is 41.8 Å². The van der Waals surface area contributed by atoms with Crippen LogP contribution in [0.3, 0.4) is 0 Å². The molecule has 1 heterocycles. The normalized spacial score (nSPS) is 10.7. The zero-order valence-electron chi connectivity index (χ0n) is 14.5. The summed E-state index contributed by atoms with van der Waals surface area (Å²) in [4.78, 5) is 11.9. The van der Waals surface area contributed by atoms with Gasteiger partial charge >= 0.3 is 13.2 Å². The molecule has 0 aliphatic heterocycles. The highest BCUT2D eigenvalue weighted by atomic mass is 19.5. The number of carbonyl (C=O) groups is 1. The quantitative estimate of drug-likeness (QED) is 0.267. The third-order valence-corrected chi connectivity index (χ3v) is 3.06. The van der Waals surface area contributed by atoms with Gasteiger partial charge in [0.2, 0.25) is 6.33 Å². The summed E-state index contributed by atoms with van der Waals surface area (Å²) < 4.78 is 48.1. The average Bonchev–Trinajstić information content (AvgIpc) is 2.93. The molecule has 1 aromatic heterocycles. The summed E-state index contributed by atoms with van der Waals surface area (Å²) in [5.74, 6) is -0.360. The Morgan fingerprint density at radius 2 is 2.00 bits per heavy atom. The number of aromatic nitrogens is 2. The van der Waals surface area contributed by atoms with Crippen molar-refractivity contribution in [1.29, 1.82) is 0 Å². The van der Waals surface area contributed by atoms with E-state index in [0.29, 0.717) is 24.4 Å². The highest BCUT2D eigenvalue weighted by Gasteiger charge is 2.20. The van der Waals surface area contributed by atoms with E-state index in [0.717, 1.165) is 12.2 Å². The van der Waals surface area contributed by atoms with Crippen molar-refractivity contribution in [3.8, 4) is 0 Å². The van der Waals surface area contributed by atoms with Gasteiger partial charge in [-0.25, -0.2) is 13.9 Å². The smallest absolute Gasteiger partial charge is 0.458 e. The van der Waals surface area contributed by atoms with Gasteiger partial charge in [-0.05, 0) is 25.1 Å². The zero-order chi connectivity index (χ0) is 19.7. The Bertz CT molecular complexity index is 716. The molecule has 2 rings (SSSR count). The van der Waals surface area contributed by atoms with Crippen LogP contribution >= 0.6 is 0 Å². The average molecular weight is 376 g/mol. The van der Waals surface area contributed by atoms with E-state index in [-0.39, 0.29) is 5.97 Å². The minimum Gasteiger partial charge on any atom is -0.458 e. The van der Waals surface area contributed by atoms with Crippen LogP contribution in [-0.2, 0) is 18.3 Å². The number of carbonyl (C=O) groups excluding carboxylic acids is 1. The number of halogens is 4. The van der Waals surface area contributed by atoms with Crippen molar-refractivity contribution in [1.82, 2.24) is 4.57 Å². The van der Waals surface area contributed by atoms with Crippen LogP contribution < -0.4 is 15.6 Å². The van der Waals surface area contributed by atoms with Crippen molar-refractivity contribution >= 4 is 24.6 Å². The van der Waals surface area contributed by atoms with Crippen molar-refractivity contribution in [3.63, 3.8) is 0 Å². The van der Waals surface area contributed by atoms with Crippen LogP contribution in [0.1, 0.15) is 17.3 Å². The minimum absolute atomic E-state index is 0.322. The number of nitrogens with zero attached hydrogens (tertiary/aromatic N) is 2. The standard InChI is InChI=1S/C15H20N4O2.BF4/c1-3-17-14-5-4-12(10-13(14)16)15(20)21-9-8-19-7-6-18(2)11-19;2-1(3,4)5/h4-7,10-11H,3,8-9,16H2,1-2H3;/q;-1/p+1. The Kier molecular flexibility index (Phi) is 7.95. The lowest BCUT2D eigenvalue weighted by Crippen LogP contribution is -2.24. The SMILES string of the molecule is CCNc1ccc(C(=O)OCCn2cc[n+](C)c2)cc1N.F[B-](F)(F)F. The molecule has 0 aliphatic rings. The Labute approximate surface area is 148 Å². The molecule has 1 aromatic carbocycles. The first-order chi connectivity index (χ1) is 12.1. The number of nitrogens with one attached hydrogen (secondary N) is 1. The maximum absolute atomic E-state index is 11.9. The van der Waals surface area contributed by atoms with E-state index in [1.165, 1.54) is 0 Å². The second-order valence-corrected chi connectivity index (χ2v) is 5.28. The summed E-state index contributed by atoms with van der Waals surface area (Å²) in [5, 5.41) is 3.13. The summed E-state index contributed by atoms with van der Waals surface area (Å²) >= 11 is 0. The molecule has 0 aliphatic carbocycles. The summed E-state index contributed by atoms with van der Waals surface area (Å²) in [7, 11) is -4.06. The van der Waals surface area contributed by atoms with Gasteiger partial charge < -0.3 is 33.0 Å². The van der Waals surface area contributed by atoms with Gasteiger partial charge in [-0.15, -0.1) is 0 Å². The molecule has 144 valence electrons. The van der Waals surface area contributed by atoms with Crippen LogP contribution in [0.4, 0.5) is 28.6 Å². The number of aryl methyl sites for hydroxylation is 1. The first-order valence-electron chi connectivity index (χ1n) is 7.79. The molecular formula is C15H21BF4N4O2. The summed E-state index contributed by atoms with van der Waals surface area (Å²) in [6.07, 6.45) is 5.79. The zero-order valence-corrected chi connectivity index (χ0v) is 14.5. The van der Waals surface area contributed by atoms with E-state index in [2.05, 4.69) is 5.32 Å². The van der Waals surface area contributed by atoms with Crippen molar-refractivity contribution in [2.24, 2.45) is 7.05 Å². The fourth-order valence-corrected chi connectivity index (χ4v) is 2.00. The van der Waals surface area contributed by atoms with Crippen molar-refractivity contribution in [2.45, 2.75) is 13.5 Å². The first kappa shape index (κ1) is 21.3. The van der Waals surface area contributed by atoms with E-state index in [1.54, 1.807) is 18.2 Å².